The van der Waals surface area contributed by atoms with E-state index in [-0.39, 0.29) is 0 Å². The van der Waals surface area contributed by atoms with E-state index in [9.17, 15) is 0 Å². The molecule has 5 heteroatoms. The van der Waals surface area contributed by atoms with Crippen molar-refractivity contribution >= 4 is 10.8 Å². The molecule has 0 radical (unpaired) electrons. The maximum atomic E-state index is 5.56. The molecule has 23 heavy (non-hydrogen) atoms. The lowest BCUT2D eigenvalue weighted by Crippen LogP contribution is -2.02. The van der Waals surface area contributed by atoms with Gasteiger partial charge in [-0.05, 0) is 39.8 Å². The van der Waals surface area contributed by atoms with E-state index < -0.39 is 0 Å². The number of rotatable bonds is 3. The lowest BCUT2D eigenvalue weighted by Gasteiger charge is -2.15. The molecule has 0 saturated carbocycles. The van der Waals surface area contributed by atoms with Crippen molar-refractivity contribution in [2.24, 2.45) is 0 Å². The summed E-state index contributed by atoms with van der Waals surface area (Å²) in [6.45, 7) is 8.19. The van der Waals surface area contributed by atoms with Gasteiger partial charge in [0.1, 0.15) is 11.5 Å². The first-order valence-corrected chi connectivity index (χ1v) is 7.53. The molecule has 0 aliphatic carbocycles. The molecule has 3 rings (SSSR count). The number of methoxy groups -OCH3 is 2. The fourth-order valence-corrected chi connectivity index (χ4v) is 3.31. The topological polar surface area (TPSA) is 49.2 Å². The zero-order valence-electron chi connectivity index (χ0n) is 14.4. The van der Waals surface area contributed by atoms with Crippen LogP contribution in [0.4, 0.5) is 0 Å². The summed E-state index contributed by atoms with van der Waals surface area (Å²) >= 11 is 0. The minimum atomic E-state index is 0.794. The third kappa shape index (κ3) is 2.23. The van der Waals surface area contributed by atoms with Crippen LogP contribution in [0.1, 0.15) is 22.8 Å². The van der Waals surface area contributed by atoms with Crippen LogP contribution in [-0.2, 0) is 0 Å². The third-order valence-electron chi connectivity index (χ3n) is 4.34. The molecule has 0 amide bonds. The number of aromatic nitrogens is 3. The van der Waals surface area contributed by atoms with Crippen LogP contribution in [-0.4, -0.2) is 29.0 Å². The fourth-order valence-electron chi connectivity index (χ4n) is 3.31. The van der Waals surface area contributed by atoms with Gasteiger partial charge in [-0.2, -0.15) is 10.2 Å². The minimum absolute atomic E-state index is 0.794. The Bertz CT molecular complexity index is 852. The number of hydrogen-bond acceptors (Lipinski definition) is 4. The number of hydrogen-bond donors (Lipinski definition) is 0. The van der Waals surface area contributed by atoms with E-state index in [1.54, 1.807) is 14.2 Å². The number of nitrogens with zero attached hydrogens (tertiary/aromatic N) is 3. The van der Waals surface area contributed by atoms with E-state index >= 15 is 0 Å². The second-order valence-electron chi connectivity index (χ2n) is 5.66. The van der Waals surface area contributed by atoms with Gasteiger partial charge in [-0.1, -0.05) is 0 Å². The number of aryl methyl sites for hydroxylation is 4. The largest absolute Gasteiger partial charge is 0.497 e. The zero-order chi connectivity index (χ0) is 16.7. The van der Waals surface area contributed by atoms with Crippen LogP contribution in [0.25, 0.3) is 16.5 Å². The first kappa shape index (κ1) is 15.3. The molecule has 0 spiro atoms. The molecule has 0 N–H and O–H groups in total. The summed E-state index contributed by atoms with van der Waals surface area (Å²) in [6, 6.07) is 5.81. The van der Waals surface area contributed by atoms with E-state index in [1.165, 1.54) is 0 Å². The molecule has 0 saturated heterocycles. The molecule has 5 nitrogen and oxygen atoms in total. The molecule has 0 atom stereocenters. The number of fused-ring (bicyclic) bond motifs is 1. The van der Waals surface area contributed by atoms with Crippen molar-refractivity contribution in [2.45, 2.75) is 27.7 Å². The van der Waals surface area contributed by atoms with Gasteiger partial charge >= 0.3 is 0 Å². The van der Waals surface area contributed by atoms with Crippen molar-refractivity contribution in [1.29, 1.82) is 0 Å². The summed E-state index contributed by atoms with van der Waals surface area (Å²) < 4.78 is 13.1. The van der Waals surface area contributed by atoms with Gasteiger partial charge < -0.3 is 14.0 Å². The summed E-state index contributed by atoms with van der Waals surface area (Å²) in [5, 5.41) is 10.9. The Balaban J connectivity index is 2.42. The molecule has 0 aliphatic rings. The van der Waals surface area contributed by atoms with Crippen LogP contribution in [0.3, 0.4) is 0 Å². The highest BCUT2D eigenvalue weighted by Crippen LogP contribution is 2.36. The standard InChI is InChI=1S/C18H21N3O2/c1-10-17-12(3)21(13(4)18(17)11(2)20-19-10)15-9-14(22-5)7-8-16(15)23-6/h7-9H,1-6H3. The summed E-state index contributed by atoms with van der Waals surface area (Å²) in [4.78, 5) is 0. The highest BCUT2D eigenvalue weighted by atomic mass is 16.5. The molecule has 2 heterocycles. The molecule has 0 unspecified atom stereocenters. The van der Waals surface area contributed by atoms with Crippen LogP contribution >= 0.6 is 0 Å². The van der Waals surface area contributed by atoms with Gasteiger partial charge in [-0.3, -0.25) is 0 Å². The van der Waals surface area contributed by atoms with E-state index in [1.807, 2.05) is 32.0 Å². The van der Waals surface area contributed by atoms with E-state index in [2.05, 4.69) is 28.6 Å². The quantitative estimate of drug-likeness (QED) is 0.740. The summed E-state index contributed by atoms with van der Waals surface area (Å²) in [5.74, 6) is 1.59. The maximum Gasteiger partial charge on any atom is 0.143 e. The Morgan fingerprint density at radius 1 is 0.826 bits per heavy atom. The van der Waals surface area contributed by atoms with Crippen molar-refractivity contribution in [2.75, 3.05) is 14.2 Å². The van der Waals surface area contributed by atoms with Crippen LogP contribution < -0.4 is 9.47 Å². The third-order valence-corrected chi connectivity index (χ3v) is 4.34. The fraction of sp³-hybridized carbons (Fsp3) is 0.333. The normalized spacial score (nSPS) is 11.0. The average Bonchev–Trinajstić information content (AvgIpc) is 2.82. The van der Waals surface area contributed by atoms with Gasteiger partial charge in [0.05, 0.1) is 31.3 Å². The van der Waals surface area contributed by atoms with Crippen LogP contribution in [0.2, 0.25) is 0 Å². The highest BCUT2D eigenvalue weighted by Gasteiger charge is 2.19. The van der Waals surface area contributed by atoms with E-state index in [4.69, 9.17) is 9.47 Å². The summed E-state index contributed by atoms with van der Waals surface area (Å²) in [5.41, 5.74) is 5.08. The van der Waals surface area contributed by atoms with E-state index in [0.717, 1.165) is 50.7 Å². The molecule has 120 valence electrons. The first-order valence-electron chi connectivity index (χ1n) is 7.53. The predicted octanol–water partition coefficient (Wildman–Crippen LogP) is 3.67. The van der Waals surface area contributed by atoms with Crippen molar-refractivity contribution in [3.8, 4) is 17.2 Å². The van der Waals surface area contributed by atoms with Crippen LogP contribution in [0.15, 0.2) is 18.2 Å². The Morgan fingerprint density at radius 3 is 1.87 bits per heavy atom. The summed E-state index contributed by atoms with van der Waals surface area (Å²) in [6.07, 6.45) is 0. The van der Waals surface area contributed by atoms with Crippen molar-refractivity contribution < 1.29 is 9.47 Å². The molecule has 0 fully saturated rings. The maximum absolute atomic E-state index is 5.56. The highest BCUT2D eigenvalue weighted by molar-refractivity contribution is 5.92. The average molecular weight is 311 g/mol. The summed E-state index contributed by atoms with van der Waals surface area (Å²) in [7, 11) is 3.35. The molecule has 0 bridgehead atoms. The van der Waals surface area contributed by atoms with Crippen molar-refractivity contribution in [3.05, 3.63) is 41.0 Å². The van der Waals surface area contributed by atoms with Crippen molar-refractivity contribution in [1.82, 2.24) is 14.8 Å². The molecule has 1 aromatic carbocycles. The minimum Gasteiger partial charge on any atom is -0.497 e. The van der Waals surface area contributed by atoms with Gasteiger partial charge in [0.2, 0.25) is 0 Å². The second-order valence-corrected chi connectivity index (χ2v) is 5.66. The Kier molecular flexibility index (Phi) is 3.72. The van der Waals surface area contributed by atoms with Crippen molar-refractivity contribution in [3.63, 3.8) is 0 Å². The number of ether oxygens (including phenoxy) is 2. The van der Waals surface area contributed by atoms with E-state index in [0.29, 0.717) is 0 Å². The Labute approximate surface area is 135 Å². The molecular weight excluding hydrogens is 290 g/mol. The van der Waals surface area contributed by atoms with Gasteiger partial charge in [0.25, 0.3) is 0 Å². The van der Waals surface area contributed by atoms with Gasteiger partial charge in [0, 0.05) is 28.2 Å². The zero-order valence-corrected chi connectivity index (χ0v) is 14.4. The van der Waals surface area contributed by atoms with Crippen LogP contribution in [0.5, 0.6) is 11.5 Å². The molecule has 0 aliphatic heterocycles. The monoisotopic (exact) mass is 311 g/mol. The molecule has 2 aromatic heterocycles. The van der Waals surface area contributed by atoms with Gasteiger partial charge in [-0.15, -0.1) is 0 Å². The first-order chi connectivity index (χ1) is 11.0. The smallest absolute Gasteiger partial charge is 0.143 e. The Morgan fingerprint density at radius 2 is 1.39 bits per heavy atom. The Hall–Kier alpha value is -2.56. The predicted molar refractivity (Wildman–Crippen MR) is 90.9 cm³/mol. The van der Waals surface area contributed by atoms with Crippen LogP contribution in [0, 0.1) is 27.7 Å². The van der Waals surface area contributed by atoms with Gasteiger partial charge in [0.15, 0.2) is 0 Å². The lowest BCUT2D eigenvalue weighted by atomic mass is 10.1. The van der Waals surface area contributed by atoms with Gasteiger partial charge in [-0.25, -0.2) is 0 Å². The molecular formula is C18H21N3O2. The lowest BCUT2D eigenvalue weighted by molar-refractivity contribution is 0.401. The SMILES string of the molecule is COc1ccc(OC)c(-n2c(C)c3c(C)nnc(C)c3c2C)c1. The number of benzene rings is 1. The molecule has 3 aromatic rings. The second kappa shape index (κ2) is 5.57.